The highest BCUT2D eigenvalue weighted by atomic mass is 35.5. The molecule has 0 aliphatic heterocycles. The van der Waals surface area contributed by atoms with Crippen LogP contribution in [0.3, 0.4) is 0 Å². The Bertz CT molecular complexity index is 215. The fraction of sp³-hybridized carbons (Fsp3) is 0. The van der Waals surface area contributed by atoms with Crippen molar-refractivity contribution >= 4 is 11.6 Å². The second-order valence-corrected chi connectivity index (χ2v) is 0.950. The average molecular weight is 146 g/mol. The first-order valence-corrected chi connectivity index (χ1v) is 2.07. The molecule has 0 aromatic carbocycles. The van der Waals surface area contributed by atoms with Gasteiger partial charge in [0.15, 0.2) is 0 Å². The summed E-state index contributed by atoms with van der Waals surface area (Å²) in [5.41, 5.74) is 0. The molecule has 4 nitrogen and oxygen atoms in total. The standard InChI is InChI=1S/C4ClNO3/c5-3-1-2-4-9-6(7)8. The lowest BCUT2D eigenvalue weighted by Crippen LogP contribution is -1.91. The van der Waals surface area contributed by atoms with Crippen LogP contribution < -0.4 is 0 Å². The maximum absolute atomic E-state index is 9.36. The van der Waals surface area contributed by atoms with Crippen molar-refractivity contribution in [3.05, 3.63) is 10.1 Å². The molecule has 0 spiro atoms. The molecule has 0 saturated carbocycles. The first-order valence-electron chi connectivity index (χ1n) is 1.69. The Hall–Kier alpha value is -1.39. The van der Waals surface area contributed by atoms with Gasteiger partial charge < -0.3 is 0 Å². The van der Waals surface area contributed by atoms with Crippen molar-refractivity contribution in [1.82, 2.24) is 0 Å². The van der Waals surface area contributed by atoms with Crippen LogP contribution in [0.1, 0.15) is 0 Å². The molecule has 5 heteroatoms. The van der Waals surface area contributed by atoms with Gasteiger partial charge in [-0.25, -0.2) is 4.84 Å². The minimum atomic E-state index is -1.04. The second kappa shape index (κ2) is 4.76. The van der Waals surface area contributed by atoms with Crippen molar-refractivity contribution in [1.29, 1.82) is 0 Å². The normalized spacial score (nSPS) is 5.44. The number of halogens is 1. The van der Waals surface area contributed by atoms with Crippen LogP contribution in [0.2, 0.25) is 0 Å². The van der Waals surface area contributed by atoms with E-state index in [1.165, 1.54) is 0 Å². The maximum Gasteiger partial charge on any atom is 0.308 e. The summed E-state index contributed by atoms with van der Waals surface area (Å²) in [5.74, 6) is 3.99. The molecule has 0 fully saturated rings. The van der Waals surface area contributed by atoms with Crippen molar-refractivity contribution < 1.29 is 9.92 Å². The molecule has 0 heterocycles. The smallest absolute Gasteiger partial charge is 0.222 e. The van der Waals surface area contributed by atoms with Gasteiger partial charge in [0.05, 0.1) is 0 Å². The van der Waals surface area contributed by atoms with E-state index in [9.17, 15) is 10.1 Å². The molecule has 0 aliphatic rings. The van der Waals surface area contributed by atoms with E-state index in [0.29, 0.717) is 0 Å². The van der Waals surface area contributed by atoms with E-state index in [0.717, 1.165) is 0 Å². The highest BCUT2D eigenvalue weighted by Crippen LogP contribution is 1.67. The van der Waals surface area contributed by atoms with Gasteiger partial charge in [-0.15, -0.1) is 10.1 Å². The van der Waals surface area contributed by atoms with Gasteiger partial charge in [0.1, 0.15) is 6.11 Å². The topological polar surface area (TPSA) is 52.4 Å². The SMILES string of the molecule is O=[N+]([O-])OC#CC#CCl. The zero-order valence-electron chi connectivity index (χ0n) is 4.05. The molecule has 0 saturated heterocycles. The molecule has 0 N–H and O–H groups in total. The highest BCUT2D eigenvalue weighted by molar-refractivity contribution is 6.30. The predicted molar refractivity (Wildman–Crippen MR) is 29.5 cm³/mol. The zero-order chi connectivity index (χ0) is 7.11. The van der Waals surface area contributed by atoms with Crippen LogP contribution in [0, 0.1) is 33.4 Å². The number of hydrogen-bond acceptors (Lipinski definition) is 3. The first-order chi connectivity index (χ1) is 4.27. The summed E-state index contributed by atoms with van der Waals surface area (Å²) in [4.78, 5) is 12.9. The summed E-state index contributed by atoms with van der Waals surface area (Å²) in [7, 11) is 0. The molecular formula is C4ClNO3. The van der Waals surface area contributed by atoms with E-state index < -0.39 is 5.09 Å². The average Bonchev–Trinajstić information content (AvgIpc) is 1.80. The third-order valence-corrected chi connectivity index (χ3v) is 0.375. The summed E-state index contributed by atoms with van der Waals surface area (Å²) >= 11 is 4.83. The molecule has 9 heavy (non-hydrogen) atoms. The van der Waals surface area contributed by atoms with Crippen LogP contribution in [0.25, 0.3) is 0 Å². The lowest BCUT2D eigenvalue weighted by atomic mass is 10.7. The van der Waals surface area contributed by atoms with E-state index in [2.05, 4.69) is 4.84 Å². The van der Waals surface area contributed by atoms with Gasteiger partial charge in [-0.3, -0.25) is 0 Å². The van der Waals surface area contributed by atoms with Gasteiger partial charge >= 0.3 is 5.09 Å². The Morgan fingerprint density at radius 3 is 2.67 bits per heavy atom. The molecule has 0 atom stereocenters. The Labute approximate surface area is 55.9 Å². The van der Waals surface area contributed by atoms with E-state index in [1.807, 2.05) is 17.2 Å². The number of hydrogen-bond donors (Lipinski definition) is 0. The van der Waals surface area contributed by atoms with Crippen LogP contribution in [0.15, 0.2) is 0 Å². The van der Waals surface area contributed by atoms with Crippen molar-refractivity contribution in [2.45, 2.75) is 0 Å². The van der Waals surface area contributed by atoms with Gasteiger partial charge in [0.25, 0.3) is 0 Å². The fourth-order valence-electron chi connectivity index (χ4n) is 0.109. The summed E-state index contributed by atoms with van der Waals surface area (Å²) in [6, 6.07) is 0. The summed E-state index contributed by atoms with van der Waals surface area (Å²) in [6.07, 6.45) is 1.68. The molecule has 46 valence electrons. The highest BCUT2D eigenvalue weighted by Gasteiger charge is 1.83. The number of rotatable bonds is 1. The van der Waals surface area contributed by atoms with Crippen LogP contribution in [0.4, 0.5) is 0 Å². The summed E-state index contributed by atoms with van der Waals surface area (Å²) in [5, 5.41) is 10.2. The largest absolute Gasteiger partial charge is 0.308 e. The van der Waals surface area contributed by atoms with Crippen molar-refractivity contribution in [2.24, 2.45) is 0 Å². The maximum atomic E-state index is 9.36. The molecule has 0 bridgehead atoms. The quantitative estimate of drug-likeness (QED) is 0.304. The van der Waals surface area contributed by atoms with E-state index in [4.69, 9.17) is 11.6 Å². The van der Waals surface area contributed by atoms with Gasteiger partial charge in [-0.2, -0.15) is 0 Å². The molecule has 0 rings (SSSR count). The second-order valence-electron chi connectivity index (χ2n) is 0.761. The summed E-state index contributed by atoms with van der Waals surface area (Å²) < 4.78 is 0. The Balaban J connectivity index is 3.59. The lowest BCUT2D eigenvalue weighted by Gasteiger charge is -1.74. The first kappa shape index (κ1) is 7.61. The third-order valence-electron chi connectivity index (χ3n) is 0.281. The summed E-state index contributed by atoms with van der Waals surface area (Å²) in [6.45, 7) is 0. The Morgan fingerprint density at radius 1 is 1.56 bits per heavy atom. The van der Waals surface area contributed by atoms with Crippen LogP contribution in [-0.2, 0) is 4.84 Å². The third kappa shape index (κ3) is 6.61. The van der Waals surface area contributed by atoms with Crippen LogP contribution in [0.5, 0.6) is 0 Å². The molecule has 0 aromatic heterocycles. The van der Waals surface area contributed by atoms with Crippen molar-refractivity contribution in [2.75, 3.05) is 0 Å². The Morgan fingerprint density at radius 2 is 2.22 bits per heavy atom. The minimum Gasteiger partial charge on any atom is -0.222 e. The molecule has 0 aliphatic carbocycles. The van der Waals surface area contributed by atoms with Crippen molar-refractivity contribution in [3.63, 3.8) is 0 Å². The monoisotopic (exact) mass is 145 g/mol. The number of nitrogens with zero attached hydrogens (tertiary/aromatic N) is 1. The molecule has 0 radical (unpaired) electrons. The van der Waals surface area contributed by atoms with Crippen LogP contribution in [-0.4, -0.2) is 5.09 Å². The lowest BCUT2D eigenvalue weighted by molar-refractivity contribution is -0.731. The van der Waals surface area contributed by atoms with E-state index >= 15 is 0 Å². The zero-order valence-corrected chi connectivity index (χ0v) is 4.81. The van der Waals surface area contributed by atoms with Gasteiger partial charge in [-0.1, -0.05) is 0 Å². The van der Waals surface area contributed by atoms with Gasteiger partial charge in [0, 0.05) is 17.2 Å². The molecular weight excluding hydrogens is 146 g/mol. The fourth-order valence-corrected chi connectivity index (χ4v) is 0.156. The van der Waals surface area contributed by atoms with Gasteiger partial charge in [-0.05, 0) is 11.6 Å². The Kier molecular flexibility index (Phi) is 4.03. The predicted octanol–water partition coefficient (Wildman–Crippen LogP) is 0.355. The van der Waals surface area contributed by atoms with Gasteiger partial charge in [0.2, 0.25) is 0 Å². The van der Waals surface area contributed by atoms with Crippen LogP contribution >= 0.6 is 11.6 Å². The molecule has 0 unspecified atom stereocenters. The van der Waals surface area contributed by atoms with Crippen molar-refractivity contribution in [3.8, 4) is 23.3 Å². The molecule has 0 amide bonds. The minimum absolute atomic E-state index is 1.04. The molecule has 0 aromatic rings. The van der Waals surface area contributed by atoms with E-state index in [-0.39, 0.29) is 0 Å². The van der Waals surface area contributed by atoms with E-state index in [1.54, 1.807) is 6.11 Å².